The van der Waals surface area contributed by atoms with Gasteiger partial charge < -0.3 is 4.57 Å². The maximum absolute atomic E-state index is 4.89. The molecule has 106 valence electrons. The summed E-state index contributed by atoms with van der Waals surface area (Å²) in [6, 6.07) is 16.9. The lowest BCUT2D eigenvalue weighted by Crippen LogP contribution is -2.25. The van der Waals surface area contributed by atoms with Crippen molar-refractivity contribution in [2.24, 2.45) is 0 Å². The average molecular weight is 277 g/mol. The minimum absolute atomic E-state index is 0.0335. The second kappa shape index (κ2) is 4.10. The summed E-state index contributed by atoms with van der Waals surface area (Å²) in [4.78, 5) is 4.89. The molecule has 4 aromatic rings. The molecule has 0 saturated carbocycles. The summed E-state index contributed by atoms with van der Waals surface area (Å²) in [7, 11) is 0. The maximum atomic E-state index is 4.89. The standard InChI is InChI=1S/C18H19N3/c1-4-18(2,3)21-16-12-8-7-11-15(16)20-14-10-6-5-9-13(14)19-17(20)21/h5-12H,4H2,1-3H3. The number of rotatable bonds is 2. The van der Waals surface area contributed by atoms with E-state index < -0.39 is 0 Å². The Bertz CT molecular complexity index is 956. The van der Waals surface area contributed by atoms with Gasteiger partial charge in [0.05, 0.1) is 22.1 Å². The van der Waals surface area contributed by atoms with Crippen LogP contribution >= 0.6 is 0 Å². The summed E-state index contributed by atoms with van der Waals surface area (Å²) in [5.41, 5.74) is 4.74. The van der Waals surface area contributed by atoms with E-state index in [4.69, 9.17) is 4.98 Å². The summed E-state index contributed by atoms with van der Waals surface area (Å²) in [6.07, 6.45) is 1.06. The molecule has 2 heterocycles. The summed E-state index contributed by atoms with van der Waals surface area (Å²) < 4.78 is 4.66. The van der Waals surface area contributed by atoms with Crippen molar-refractivity contribution in [3.63, 3.8) is 0 Å². The lowest BCUT2D eigenvalue weighted by atomic mass is 10.0. The molecular weight excluding hydrogens is 258 g/mol. The number of fused-ring (bicyclic) bond motifs is 5. The zero-order valence-corrected chi connectivity index (χ0v) is 12.7. The zero-order valence-electron chi connectivity index (χ0n) is 12.7. The van der Waals surface area contributed by atoms with E-state index in [-0.39, 0.29) is 5.54 Å². The number of aromatic nitrogens is 3. The van der Waals surface area contributed by atoms with Crippen molar-refractivity contribution in [2.75, 3.05) is 0 Å². The molecule has 3 heteroatoms. The van der Waals surface area contributed by atoms with Gasteiger partial charge in [-0.1, -0.05) is 31.2 Å². The van der Waals surface area contributed by atoms with Crippen LogP contribution in [0.2, 0.25) is 0 Å². The van der Waals surface area contributed by atoms with Gasteiger partial charge in [-0.05, 0) is 44.5 Å². The molecule has 0 bridgehead atoms. The van der Waals surface area contributed by atoms with Gasteiger partial charge in [-0.3, -0.25) is 4.40 Å². The van der Waals surface area contributed by atoms with Crippen LogP contribution in [-0.2, 0) is 5.54 Å². The smallest absolute Gasteiger partial charge is 0.216 e. The Morgan fingerprint density at radius 1 is 0.905 bits per heavy atom. The van der Waals surface area contributed by atoms with Crippen molar-refractivity contribution < 1.29 is 0 Å². The first-order valence-corrected chi connectivity index (χ1v) is 7.50. The van der Waals surface area contributed by atoms with Crippen LogP contribution in [0, 0.1) is 0 Å². The highest BCUT2D eigenvalue weighted by Crippen LogP contribution is 2.32. The minimum Gasteiger partial charge on any atom is -0.304 e. The number of nitrogens with zero attached hydrogens (tertiary/aromatic N) is 3. The van der Waals surface area contributed by atoms with Gasteiger partial charge in [0, 0.05) is 5.54 Å². The molecule has 0 spiro atoms. The molecule has 0 aliphatic carbocycles. The summed E-state index contributed by atoms with van der Waals surface area (Å²) in [5, 5.41) is 0. The molecule has 21 heavy (non-hydrogen) atoms. The highest BCUT2D eigenvalue weighted by atomic mass is 15.2. The van der Waals surface area contributed by atoms with Gasteiger partial charge in [-0.2, -0.15) is 0 Å². The first-order valence-electron chi connectivity index (χ1n) is 7.50. The first kappa shape index (κ1) is 12.5. The topological polar surface area (TPSA) is 22.2 Å². The van der Waals surface area contributed by atoms with Crippen molar-refractivity contribution in [1.29, 1.82) is 0 Å². The quantitative estimate of drug-likeness (QED) is 0.525. The Morgan fingerprint density at radius 2 is 1.52 bits per heavy atom. The first-order chi connectivity index (χ1) is 10.1. The Labute approximate surface area is 123 Å². The summed E-state index contributed by atoms with van der Waals surface area (Å²) >= 11 is 0. The summed E-state index contributed by atoms with van der Waals surface area (Å²) in [5.74, 6) is 1.03. The predicted octanol–water partition coefficient (Wildman–Crippen LogP) is 4.59. The third kappa shape index (κ3) is 1.57. The van der Waals surface area contributed by atoms with Crippen LogP contribution in [0.4, 0.5) is 0 Å². The van der Waals surface area contributed by atoms with Crippen molar-refractivity contribution in [1.82, 2.24) is 14.0 Å². The van der Waals surface area contributed by atoms with E-state index in [1.807, 2.05) is 6.07 Å². The van der Waals surface area contributed by atoms with Gasteiger partial charge >= 0.3 is 0 Å². The summed E-state index contributed by atoms with van der Waals surface area (Å²) in [6.45, 7) is 6.78. The average Bonchev–Trinajstić information content (AvgIpc) is 3.01. The van der Waals surface area contributed by atoms with E-state index in [1.54, 1.807) is 0 Å². The fourth-order valence-corrected chi connectivity index (χ4v) is 3.11. The predicted molar refractivity (Wildman–Crippen MR) is 87.8 cm³/mol. The second-order valence-electron chi connectivity index (χ2n) is 6.23. The van der Waals surface area contributed by atoms with E-state index in [1.165, 1.54) is 16.6 Å². The molecule has 0 N–H and O–H groups in total. The van der Waals surface area contributed by atoms with Crippen LogP contribution in [0.5, 0.6) is 0 Å². The molecule has 0 radical (unpaired) electrons. The molecule has 3 nitrogen and oxygen atoms in total. The van der Waals surface area contributed by atoms with Gasteiger partial charge in [0.15, 0.2) is 0 Å². The highest BCUT2D eigenvalue weighted by Gasteiger charge is 2.25. The highest BCUT2D eigenvalue weighted by molar-refractivity contribution is 5.90. The molecule has 0 aliphatic heterocycles. The molecular formula is C18H19N3. The number of hydrogen-bond acceptors (Lipinski definition) is 1. The van der Waals surface area contributed by atoms with Crippen LogP contribution in [0.1, 0.15) is 27.2 Å². The van der Waals surface area contributed by atoms with E-state index in [0.717, 1.165) is 17.7 Å². The minimum atomic E-state index is 0.0335. The normalized spacial score (nSPS) is 12.7. The van der Waals surface area contributed by atoms with E-state index in [0.29, 0.717) is 0 Å². The largest absolute Gasteiger partial charge is 0.304 e. The van der Waals surface area contributed by atoms with Crippen molar-refractivity contribution in [3.8, 4) is 0 Å². The Morgan fingerprint density at radius 3 is 2.24 bits per heavy atom. The zero-order chi connectivity index (χ0) is 14.6. The van der Waals surface area contributed by atoms with Gasteiger partial charge in [-0.15, -0.1) is 0 Å². The van der Waals surface area contributed by atoms with Crippen molar-refractivity contribution in [2.45, 2.75) is 32.7 Å². The van der Waals surface area contributed by atoms with Crippen LogP contribution in [0.3, 0.4) is 0 Å². The molecule has 0 unspecified atom stereocenters. The van der Waals surface area contributed by atoms with Crippen LogP contribution in [0.25, 0.3) is 27.8 Å². The lowest BCUT2D eigenvalue weighted by molar-refractivity contribution is 0.361. The van der Waals surface area contributed by atoms with E-state index in [2.05, 4.69) is 72.2 Å². The fourth-order valence-electron chi connectivity index (χ4n) is 3.11. The third-order valence-electron chi connectivity index (χ3n) is 4.58. The monoisotopic (exact) mass is 277 g/mol. The van der Waals surface area contributed by atoms with Gasteiger partial charge in [-0.25, -0.2) is 4.98 Å². The molecule has 0 amide bonds. The van der Waals surface area contributed by atoms with Crippen LogP contribution in [0.15, 0.2) is 48.5 Å². The third-order valence-corrected chi connectivity index (χ3v) is 4.58. The van der Waals surface area contributed by atoms with Crippen LogP contribution in [-0.4, -0.2) is 14.0 Å². The number of para-hydroxylation sites is 4. The molecule has 4 rings (SSSR count). The Hall–Kier alpha value is -2.29. The number of benzene rings is 2. The SMILES string of the molecule is CCC(C)(C)n1c2ccccc2n2c3ccccc3nc12. The Balaban J connectivity index is 2.29. The maximum Gasteiger partial charge on any atom is 0.216 e. The van der Waals surface area contributed by atoms with Crippen LogP contribution < -0.4 is 0 Å². The molecule has 0 aliphatic rings. The number of imidazole rings is 2. The van der Waals surface area contributed by atoms with Crippen molar-refractivity contribution >= 4 is 27.8 Å². The van der Waals surface area contributed by atoms with E-state index >= 15 is 0 Å². The van der Waals surface area contributed by atoms with Gasteiger partial charge in [0.25, 0.3) is 0 Å². The van der Waals surface area contributed by atoms with E-state index in [9.17, 15) is 0 Å². The molecule has 2 aromatic heterocycles. The van der Waals surface area contributed by atoms with Gasteiger partial charge in [0.2, 0.25) is 5.78 Å². The molecule has 0 saturated heterocycles. The number of hydrogen-bond donors (Lipinski definition) is 0. The van der Waals surface area contributed by atoms with Gasteiger partial charge in [0.1, 0.15) is 0 Å². The Kier molecular flexibility index (Phi) is 2.43. The molecule has 0 atom stereocenters. The second-order valence-corrected chi connectivity index (χ2v) is 6.23. The molecule has 2 aromatic carbocycles. The molecule has 0 fully saturated rings. The lowest BCUT2D eigenvalue weighted by Gasteiger charge is -2.26. The van der Waals surface area contributed by atoms with Crippen molar-refractivity contribution in [3.05, 3.63) is 48.5 Å². The fraction of sp³-hybridized carbons (Fsp3) is 0.278.